The van der Waals surface area contributed by atoms with Gasteiger partial charge < -0.3 is 0 Å². The lowest BCUT2D eigenvalue weighted by molar-refractivity contribution is 0.337. The van der Waals surface area contributed by atoms with Gasteiger partial charge in [0.1, 0.15) is 0 Å². The Morgan fingerprint density at radius 3 is 2.30 bits per heavy atom. The fraction of sp³-hybridized carbons (Fsp3) is 1.00. The van der Waals surface area contributed by atoms with Crippen LogP contribution in [0.1, 0.15) is 44.9 Å². The minimum Gasteiger partial charge on any atom is -0.155 e. The van der Waals surface area contributed by atoms with Gasteiger partial charge >= 0.3 is 0 Å². The highest BCUT2D eigenvalue weighted by molar-refractivity contribution is 8.00. The molecule has 1 aliphatic heterocycles. The van der Waals surface area contributed by atoms with Crippen LogP contribution in [0.25, 0.3) is 0 Å². The Balaban J connectivity index is 1.92. The summed E-state index contributed by atoms with van der Waals surface area (Å²) >= 11 is 2.27. The zero-order chi connectivity index (χ0) is 6.86. The fourth-order valence-electron chi connectivity index (χ4n) is 2.05. The number of thioether (sulfide) groups is 1. The number of hydrogen-bond acceptors (Lipinski definition) is 1. The molecule has 58 valence electrons. The minimum absolute atomic E-state index is 0.802. The van der Waals surface area contributed by atoms with Crippen molar-refractivity contribution in [3.8, 4) is 0 Å². The van der Waals surface area contributed by atoms with Gasteiger partial charge in [-0.2, -0.15) is 11.8 Å². The molecule has 0 aromatic carbocycles. The summed E-state index contributed by atoms with van der Waals surface area (Å²) in [7, 11) is 0. The highest BCUT2D eigenvalue weighted by Crippen LogP contribution is 2.49. The van der Waals surface area contributed by atoms with Gasteiger partial charge in [0.05, 0.1) is 0 Å². The van der Waals surface area contributed by atoms with Crippen LogP contribution in [0.2, 0.25) is 0 Å². The first-order valence-electron chi connectivity index (χ1n) is 4.55. The molecule has 1 heterocycles. The molecule has 0 bridgehead atoms. The second-order valence-electron chi connectivity index (χ2n) is 3.70. The molecule has 0 amide bonds. The third-order valence-corrected chi connectivity index (χ3v) is 4.67. The molecule has 2 rings (SSSR count). The van der Waals surface area contributed by atoms with Crippen LogP contribution >= 0.6 is 11.8 Å². The van der Waals surface area contributed by atoms with Crippen molar-refractivity contribution >= 4 is 11.8 Å². The van der Waals surface area contributed by atoms with Gasteiger partial charge in [-0.1, -0.05) is 19.3 Å². The average Bonchev–Trinajstić information content (AvgIpc) is 2.08. The van der Waals surface area contributed by atoms with E-state index in [1.165, 1.54) is 50.7 Å². The highest BCUT2D eigenvalue weighted by Gasteiger charge is 2.37. The molecule has 1 spiro atoms. The number of hydrogen-bond donors (Lipinski definition) is 0. The summed E-state index contributed by atoms with van der Waals surface area (Å²) in [5, 5.41) is 0. The van der Waals surface area contributed by atoms with Crippen molar-refractivity contribution in [2.24, 2.45) is 0 Å². The molecule has 0 unspecified atom stereocenters. The van der Waals surface area contributed by atoms with Crippen LogP contribution in [0.3, 0.4) is 0 Å². The molecule has 0 nitrogen and oxygen atoms in total. The summed E-state index contributed by atoms with van der Waals surface area (Å²) in [5.74, 6) is 1.44. The molecule has 2 fully saturated rings. The summed E-state index contributed by atoms with van der Waals surface area (Å²) in [5.41, 5.74) is 0. The predicted molar refractivity (Wildman–Crippen MR) is 47.5 cm³/mol. The van der Waals surface area contributed by atoms with E-state index in [-0.39, 0.29) is 0 Å². The molecule has 0 aromatic rings. The standard InChI is InChI=1S/C9H16S/c1-2-5-9(6-4-7-9)10-8-3-1/h1-8H2. The lowest BCUT2D eigenvalue weighted by Crippen LogP contribution is -2.32. The normalized spacial score (nSPS) is 31.2. The van der Waals surface area contributed by atoms with E-state index in [1.807, 2.05) is 0 Å². The summed E-state index contributed by atoms with van der Waals surface area (Å²) < 4.78 is 0.802. The quantitative estimate of drug-likeness (QED) is 0.519. The average molecular weight is 156 g/mol. The molecule has 0 radical (unpaired) electrons. The van der Waals surface area contributed by atoms with Gasteiger partial charge in [-0.25, -0.2) is 0 Å². The Kier molecular flexibility index (Phi) is 1.94. The van der Waals surface area contributed by atoms with Crippen LogP contribution < -0.4 is 0 Å². The molecule has 0 N–H and O–H groups in total. The maximum atomic E-state index is 2.27. The van der Waals surface area contributed by atoms with Crippen LogP contribution in [-0.4, -0.2) is 10.5 Å². The van der Waals surface area contributed by atoms with Crippen LogP contribution in [0, 0.1) is 0 Å². The Morgan fingerprint density at radius 2 is 1.60 bits per heavy atom. The molecule has 1 saturated carbocycles. The zero-order valence-corrected chi connectivity index (χ0v) is 7.38. The van der Waals surface area contributed by atoms with Gasteiger partial charge in [0.2, 0.25) is 0 Å². The number of rotatable bonds is 0. The lowest BCUT2D eigenvalue weighted by atomic mass is 9.80. The molecule has 1 aliphatic carbocycles. The van der Waals surface area contributed by atoms with Crippen molar-refractivity contribution in [1.29, 1.82) is 0 Å². The van der Waals surface area contributed by atoms with Crippen LogP contribution in [0.5, 0.6) is 0 Å². The van der Waals surface area contributed by atoms with Crippen molar-refractivity contribution in [3.05, 3.63) is 0 Å². The van der Waals surface area contributed by atoms with E-state index in [1.54, 1.807) is 0 Å². The van der Waals surface area contributed by atoms with Gasteiger partial charge in [-0.05, 0) is 31.4 Å². The first kappa shape index (κ1) is 7.02. The third-order valence-electron chi connectivity index (χ3n) is 2.95. The molecule has 2 aliphatic rings. The Morgan fingerprint density at radius 1 is 0.800 bits per heavy atom. The predicted octanol–water partition coefficient (Wildman–Crippen LogP) is 3.22. The highest BCUT2D eigenvalue weighted by atomic mass is 32.2. The molecule has 0 atom stereocenters. The Labute approximate surface area is 67.8 Å². The van der Waals surface area contributed by atoms with Crippen molar-refractivity contribution in [1.82, 2.24) is 0 Å². The maximum absolute atomic E-state index is 2.27. The second kappa shape index (κ2) is 2.77. The SMILES string of the molecule is C1CCSC2(CC1)CCC2. The summed E-state index contributed by atoms with van der Waals surface area (Å²) in [6, 6.07) is 0. The maximum Gasteiger partial charge on any atom is 0.0160 e. The molecular formula is C9H16S. The fourth-order valence-corrected chi connectivity index (χ4v) is 3.70. The van der Waals surface area contributed by atoms with Gasteiger partial charge in [-0.3, -0.25) is 0 Å². The van der Waals surface area contributed by atoms with Crippen LogP contribution in [0.4, 0.5) is 0 Å². The molecule has 0 aromatic heterocycles. The minimum atomic E-state index is 0.802. The largest absolute Gasteiger partial charge is 0.155 e. The third kappa shape index (κ3) is 1.20. The van der Waals surface area contributed by atoms with Gasteiger partial charge in [-0.15, -0.1) is 0 Å². The smallest absolute Gasteiger partial charge is 0.0160 e. The Hall–Kier alpha value is 0.350. The first-order chi connectivity index (χ1) is 4.91. The van der Waals surface area contributed by atoms with E-state index >= 15 is 0 Å². The molecular weight excluding hydrogens is 140 g/mol. The van der Waals surface area contributed by atoms with Crippen molar-refractivity contribution in [2.75, 3.05) is 5.75 Å². The molecule has 1 saturated heterocycles. The van der Waals surface area contributed by atoms with E-state index in [0.29, 0.717) is 0 Å². The summed E-state index contributed by atoms with van der Waals surface area (Å²) in [4.78, 5) is 0. The Bertz CT molecular complexity index is 106. The van der Waals surface area contributed by atoms with E-state index in [0.717, 1.165) is 4.75 Å². The van der Waals surface area contributed by atoms with Crippen molar-refractivity contribution in [2.45, 2.75) is 49.7 Å². The van der Waals surface area contributed by atoms with E-state index in [9.17, 15) is 0 Å². The molecule has 10 heavy (non-hydrogen) atoms. The van der Waals surface area contributed by atoms with Gasteiger partial charge in [0.15, 0.2) is 0 Å². The lowest BCUT2D eigenvalue weighted by Gasteiger charge is -2.40. The van der Waals surface area contributed by atoms with Crippen LogP contribution in [0.15, 0.2) is 0 Å². The molecule has 1 heteroatoms. The monoisotopic (exact) mass is 156 g/mol. The van der Waals surface area contributed by atoms with E-state index in [2.05, 4.69) is 11.8 Å². The first-order valence-corrected chi connectivity index (χ1v) is 5.54. The van der Waals surface area contributed by atoms with E-state index < -0.39 is 0 Å². The summed E-state index contributed by atoms with van der Waals surface area (Å²) in [6.07, 6.45) is 10.6. The van der Waals surface area contributed by atoms with Crippen LogP contribution in [-0.2, 0) is 0 Å². The van der Waals surface area contributed by atoms with Gasteiger partial charge in [0.25, 0.3) is 0 Å². The van der Waals surface area contributed by atoms with E-state index in [4.69, 9.17) is 0 Å². The topological polar surface area (TPSA) is 0 Å². The van der Waals surface area contributed by atoms with Crippen molar-refractivity contribution in [3.63, 3.8) is 0 Å². The summed E-state index contributed by atoms with van der Waals surface area (Å²) in [6.45, 7) is 0. The zero-order valence-electron chi connectivity index (χ0n) is 6.57. The second-order valence-corrected chi connectivity index (χ2v) is 5.26. The van der Waals surface area contributed by atoms with Crippen molar-refractivity contribution < 1.29 is 0 Å². The van der Waals surface area contributed by atoms with Gasteiger partial charge in [0, 0.05) is 4.75 Å².